The van der Waals surface area contributed by atoms with Crippen molar-refractivity contribution in [3.05, 3.63) is 42.7 Å². The molecule has 46 valence electrons. The minimum Gasteiger partial charge on any atom is -0.286 e. The normalized spacial score (nSPS) is 8.00. The number of H-pyrrole nitrogens is 1. The molecular weight excluding hydrogens is 112 g/mol. The van der Waals surface area contributed by atoms with Crippen molar-refractivity contribution in [1.29, 1.82) is 0 Å². The average Bonchev–Trinajstić information content (AvgIpc) is 2.00. The predicted molar refractivity (Wildman–Crippen MR) is 36.2 cm³/mol. The van der Waals surface area contributed by atoms with Crippen LogP contribution in [0.4, 0.5) is 0 Å². The van der Waals surface area contributed by atoms with Gasteiger partial charge in [0.05, 0.1) is 0 Å². The van der Waals surface area contributed by atoms with E-state index in [-0.39, 0.29) is 0 Å². The van der Waals surface area contributed by atoms with Gasteiger partial charge in [-0.1, -0.05) is 18.2 Å². The highest BCUT2D eigenvalue weighted by molar-refractivity contribution is 4.90. The van der Waals surface area contributed by atoms with Crippen molar-refractivity contribution in [2.75, 3.05) is 0 Å². The SMILES string of the molecule is c1cccn[nH]ccc1. The molecule has 2 heteroatoms. The number of hydrogen-bond acceptors (Lipinski definition) is 1. The summed E-state index contributed by atoms with van der Waals surface area (Å²) in [7, 11) is 0. The van der Waals surface area contributed by atoms with Crippen LogP contribution in [0, 0.1) is 0 Å². The van der Waals surface area contributed by atoms with Gasteiger partial charge in [-0.2, -0.15) is 5.10 Å². The van der Waals surface area contributed by atoms with Crippen LogP contribution in [0.5, 0.6) is 0 Å². The zero-order chi connectivity index (χ0) is 6.36. The number of hydrogen-bond donors (Lipinski definition) is 1. The summed E-state index contributed by atoms with van der Waals surface area (Å²) in [6.07, 6.45) is 3.46. The topological polar surface area (TPSA) is 28.7 Å². The van der Waals surface area contributed by atoms with E-state index in [0.717, 1.165) is 0 Å². The van der Waals surface area contributed by atoms with Gasteiger partial charge in [-0.25, -0.2) is 0 Å². The van der Waals surface area contributed by atoms with Gasteiger partial charge in [0.15, 0.2) is 0 Å². The van der Waals surface area contributed by atoms with Crippen LogP contribution in [0.3, 0.4) is 0 Å². The van der Waals surface area contributed by atoms with Crippen LogP contribution in [-0.4, -0.2) is 10.2 Å². The van der Waals surface area contributed by atoms with Crippen molar-refractivity contribution in [1.82, 2.24) is 10.2 Å². The molecule has 0 amide bonds. The minimum atomic E-state index is 1.69. The average molecular weight is 120 g/mol. The lowest BCUT2D eigenvalue weighted by atomic mass is 10.5. The first-order valence-corrected chi connectivity index (χ1v) is 2.77. The van der Waals surface area contributed by atoms with Gasteiger partial charge in [0.1, 0.15) is 0 Å². The van der Waals surface area contributed by atoms with E-state index in [0.29, 0.717) is 0 Å². The summed E-state index contributed by atoms with van der Waals surface area (Å²) in [5.41, 5.74) is 0. The molecule has 1 aromatic rings. The Kier molecular flexibility index (Phi) is 2.37. The predicted octanol–water partition coefficient (Wildman–Crippen LogP) is 1.53. The van der Waals surface area contributed by atoms with E-state index in [2.05, 4.69) is 10.2 Å². The van der Waals surface area contributed by atoms with Crippen LogP contribution in [-0.2, 0) is 0 Å². The molecule has 0 saturated carbocycles. The molecule has 1 aromatic heterocycles. The van der Waals surface area contributed by atoms with Crippen molar-refractivity contribution >= 4 is 0 Å². The molecule has 0 bridgehead atoms. The van der Waals surface area contributed by atoms with Crippen molar-refractivity contribution in [2.45, 2.75) is 0 Å². The van der Waals surface area contributed by atoms with Gasteiger partial charge in [0.25, 0.3) is 0 Å². The Morgan fingerprint density at radius 2 is 1.67 bits per heavy atom. The van der Waals surface area contributed by atoms with Gasteiger partial charge in [-0.15, -0.1) is 0 Å². The minimum absolute atomic E-state index is 1.69. The molecule has 0 aromatic carbocycles. The number of nitrogens with zero attached hydrogens (tertiary/aromatic N) is 1. The molecule has 0 unspecified atom stereocenters. The van der Waals surface area contributed by atoms with Crippen molar-refractivity contribution < 1.29 is 0 Å². The molecule has 1 N–H and O–H groups in total. The number of aromatic amines is 1. The van der Waals surface area contributed by atoms with Crippen LogP contribution < -0.4 is 0 Å². The molecule has 0 fully saturated rings. The van der Waals surface area contributed by atoms with Crippen molar-refractivity contribution in [2.24, 2.45) is 0 Å². The lowest BCUT2D eigenvalue weighted by Crippen LogP contribution is -1.64. The van der Waals surface area contributed by atoms with E-state index >= 15 is 0 Å². The third-order valence-electron chi connectivity index (χ3n) is 0.850. The Hall–Kier alpha value is -1.31. The Bertz CT molecular complexity index is 129. The van der Waals surface area contributed by atoms with E-state index in [9.17, 15) is 0 Å². The summed E-state index contributed by atoms with van der Waals surface area (Å²) < 4.78 is 0. The van der Waals surface area contributed by atoms with Gasteiger partial charge in [0, 0.05) is 12.4 Å². The van der Waals surface area contributed by atoms with E-state index in [4.69, 9.17) is 0 Å². The fourth-order valence-corrected chi connectivity index (χ4v) is 0.470. The summed E-state index contributed by atoms with van der Waals surface area (Å²) >= 11 is 0. The summed E-state index contributed by atoms with van der Waals surface area (Å²) in [6.45, 7) is 0. The van der Waals surface area contributed by atoms with E-state index in [1.165, 1.54) is 0 Å². The second-order valence-corrected chi connectivity index (χ2v) is 1.54. The van der Waals surface area contributed by atoms with E-state index in [1.54, 1.807) is 12.4 Å². The molecule has 0 aliphatic rings. The quantitative estimate of drug-likeness (QED) is 0.552. The second kappa shape index (κ2) is 3.66. The molecule has 2 nitrogen and oxygen atoms in total. The summed E-state index contributed by atoms with van der Waals surface area (Å²) in [5, 5.41) is 6.52. The number of rotatable bonds is 0. The maximum atomic E-state index is 3.80. The Morgan fingerprint density at radius 3 is 2.67 bits per heavy atom. The zero-order valence-corrected chi connectivity index (χ0v) is 4.99. The summed E-state index contributed by atoms with van der Waals surface area (Å²) in [6, 6.07) is 9.53. The first-order valence-electron chi connectivity index (χ1n) is 2.77. The number of aromatic nitrogens is 2. The second-order valence-electron chi connectivity index (χ2n) is 1.54. The van der Waals surface area contributed by atoms with Gasteiger partial charge in [-0.05, 0) is 12.1 Å². The highest BCUT2D eigenvalue weighted by Crippen LogP contribution is 1.73. The fraction of sp³-hybridized carbons (Fsp3) is 0. The summed E-state index contributed by atoms with van der Waals surface area (Å²) in [4.78, 5) is 0. The third kappa shape index (κ3) is 2.49. The maximum absolute atomic E-state index is 3.80. The van der Waals surface area contributed by atoms with Gasteiger partial charge in [-0.3, -0.25) is 5.10 Å². The zero-order valence-electron chi connectivity index (χ0n) is 4.99. The highest BCUT2D eigenvalue weighted by atomic mass is 15.1. The first-order chi connectivity index (χ1) is 4.50. The number of nitrogens with one attached hydrogen (secondary N) is 1. The fourth-order valence-electron chi connectivity index (χ4n) is 0.470. The molecule has 1 heterocycles. The van der Waals surface area contributed by atoms with Crippen LogP contribution in [0.15, 0.2) is 42.7 Å². The summed E-state index contributed by atoms with van der Waals surface area (Å²) in [5.74, 6) is 0. The standard InChI is InChI=1S/C7H8N2/c1-2-4-6-8-9-7-5-3-1/h1-8H. The molecule has 0 radical (unpaired) electrons. The molecule has 0 spiro atoms. The van der Waals surface area contributed by atoms with Gasteiger partial charge >= 0.3 is 0 Å². The van der Waals surface area contributed by atoms with Crippen LogP contribution in [0.2, 0.25) is 0 Å². The van der Waals surface area contributed by atoms with Gasteiger partial charge < -0.3 is 0 Å². The van der Waals surface area contributed by atoms with Crippen LogP contribution in [0.1, 0.15) is 0 Å². The Labute approximate surface area is 53.9 Å². The van der Waals surface area contributed by atoms with Crippen molar-refractivity contribution in [3.63, 3.8) is 0 Å². The maximum Gasteiger partial charge on any atom is 0.0472 e. The van der Waals surface area contributed by atoms with Crippen LogP contribution >= 0.6 is 0 Å². The third-order valence-corrected chi connectivity index (χ3v) is 0.850. The van der Waals surface area contributed by atoms with Crippen LogP contribution in [0.25, 0.3) is 0 Å². The molecule has 0 aliphatic heterocycles. The lowest BCUT2D eigenvalue weighted by Gasteiger charge is -1.65. The monoisotopic (exact) mass is 120 g/mol. The first kappa shape index (κ1) is 5.82. The van der Waals surface area contributed by atoms with Gasteiger partial charge in [0.2, 0.25) is 0 Å². The molecule has 0 saturated heterocycles. The van der Waals surface area contributed by atoms with E-state index < -0.39 is 0 Å². The lowest BCUT2D eigenvalue weighted by molar-refractivity contribution is 1.05. The highest BCUT2D eigenvalue weighted by Gasteiger charge is 1.57. The van der Waals surface area contributed by atoms with Crippen molar-refractivity contribution in [3.8, 4) is 0 Å². The largest absolute Gasteiger partial charge is 0.286 e. The Morgan fingerprint density at radius 1 is 0.889 bits per heavy atom. The molecule has 1 rings (SSSR count). The molecule has 9 heavy (non-hydrogen) atoms. The molecule has 0 aliphatic carbocycles. The Balaban J connectivity index is 3.04. The van der Waals surface area contributed by atoms with E-state index in [1.807, 2.05) is 30.3 Å². The molecule has 0 atom stereocenters. The smallest absolute Gasteiger partial charge is 0.0472 e. The molecular formula is C7H8N2.